The Morgan fingerprint density at radius 2 is 1.71 bits per heavy atom. The third-order valence-corrected chi connectivity index (χ3v) is 4.86. The number of hydrogen-bond donors (Lipinski definition) is 1. The van der Waals surface area contributed by atoms with Crippen molar-refractivity contribution in [3.63, 3.8) is 0 Å². The van der Waals surface area contributed by atoms with Crippen molar-refractivity contribution in [1.82, 2.24) is 5.32 Å². The van der Waals surface area contributed by atoms with Gasteiger partial charge < -0.3 is 14.5 Å². The van der Waals surface area contributed by atoms with E-state index in [1.165, 1.54) is 0 Å². The number of hydrogen-bond acceptors (Lipinski definition) is 3. The largest absolute Gasteiger partial charge is 0.493 e. The minimum atomic E-state index is -0.273. The lowest BCUT2D eigenvalue weighted by Crippen LogP contribution is -2.29. The summed E-state index contributed by atoms with van der Waals surface area (Å²) >= 11 is 0. The fourth-order valence-corrected chi connectivity index (χ4v) is 3.41. The van der Waals surface area contributed by atoms with E-state index in [1.54, 1.807) is 13.2 Å². The van der Waals surface area contributed by atoms with Crippen LogP contribution in [0.3, 0.4) is 0 Å². The molecule has 0 spiro atoms. The number of para-hydroxylation sites is 1. The summed E-state index contributed by atoms with van der Waals surface area (Å²) in [6.07, 6.45) is 0. The molecule has 0 unspecified atom stereocenters. The van der Waals surface area contributed by atoms with E-state index in [2.05, 4.69) is 5.32 Å². The Morgan fingerprint density at radius 3 is 2.46 bits per heavy atom. The lowest BCUT2D eigenvalue weighted by Gasteiger charge is -2.21. The predicted molar refractivity (Wildman–Crippen MR) is 110 cm³/mol. The molecular weight excluding hydrogens is 350 g/mol. The van der Waals surface area contributed by atoms with Gasteiger partial charge in [0.1, 0.15) is 0 Å². The predicted octanol–water partition coefficient (Wildman–Crippen LogP) is 5.27. The normalized spacial score (nSPS) is 11.9. The number of carbonyl (C=O) groups is 1. The second kappa shape index (κ2) is 7.61. The molecule has 1 aromatic heterocycles. The van der Waals surface area contributed by atoms with E-state index in [0.29, 0.717) is 11.3 Å². The van der Waals surface area contributed by atoms with E-state index >= 15 is 0 Å². The maximum Gasteiger partial charge on any atom is 0.287 e. The molecule has 28 heavy (non-hydrogen) atoms. The zero-order chi connectivity index (χ0) is 19.5. The molecule has 4 heteroatoms. The number of methoxy groups -OCH3 is 1. The summed E-state index contributed by atoms with van der Waals surface area (Å²) in [5, 5.41) is 3.96. The van der Waals surface area contributed by atoms with Gasteiger partial charge in [0.2, 0.25) is 0 Å². The van der Waals surface area contributed by atoms with Gasteiger partial charge in [-0.2, -0.15) is 0 Å². The lowest BCUT2D eigenvalue weighted by atomic mass is 9.95. The number of benzene rings is 3. The van der Waals surface area contributed by atoms with Crippen molar-refractivity contribution in [1.29, 1.82) is 0 Å². The van der Waals surface area contributed by atoms with Gasteiger partial charge in [-0.3, -0.25) is 4.79 Å². The quantitative estimate of drug-likeness (QED) is 0.520. The second-order valence-electron chi connectivity index (χ2n) is 6.66. The Bertz CT molecular complexity index is 1120. The summed E-state index contributed by atoms with van der Waals surface area (Å²) in [4.78, 5) is 13.0. The van der Waals surface area contributed by atoms with Crippen molar-refractivity contribution in [2.24, 2.45) is 0 Å². The Balaban J connectivity index is 1.71. The highest BCUT2D eigenvalue weighted by Gasteiger charge is 2.22. The number of ether oxygens (including phenoxy) is 1. The smallest absolute Gasteiger partial charge is 0.287 e. The van der Waals surface area contributed by atoms with Gasteiger partial charge in [0.25, 0.3) is 5.91 Å². The van der Waals surface area contributed by atoms with Crippen LogP contribution in [-0.4, -0.2) is 13.0 Å². The molecule has 0 fully saturated rings. The van der Waals surface area contributed by atoms with Gasteiger partial charge in [0, 0.05) is 5.39 Å². The van der Waals surface area contributed by atoms with E-state index in [-0.39, 0.29) is 17.7 Å². The van der Waals surface area contributed by atoms with Crippen LogP contribution in [0.2, 0.25) is 0 Å². The lowest BCUT2D eigenvalue weighted by molar-refractivity contribution is 0.0917. The zero-order valence-corrected chi connectivity index (χ0v) is 15.8. The average molecular weight is 371 g/mol. The molecule has 0 aliphatic rings. The third kappa shape index (κ3) is 3.37. The van der Waals surface area contributed by atoms with Gasteiger partial charge in [-0.25, -0.2) is 0 Å². The monoisotopic (exact) mass is 371 g/mol. The van der Waals surface area contributed by atoms with Crippen LogP contribution in [0.4, 0.5) is 0 Å². The summed E-state index contributed by atoms with van der Waals surface area (Å²) in [6, 6.07) is 25.0. The van der Waals surface area contributed by atoms with Crippen LogP contribution in [0.1, 0.15) is 33.3 Å². The highest BCUT2D eigenvalue weighted by Crippen LogP contribution is 2.30. The van der Waals surface area contributed by atoms with E-state index in [1.807, 2.05) is 79.7 Å². The van der Waals surface area contributed by atoms with Gasteiger partial charge in [0.15, 0.2) is 17.1 Å². The van der Waals surface area contributed by atoms with Gasteiger partial charge in [-0.15, -0.1) is 0 Å². The molecule has 4 aromatic rings. The number of aryl methyl sites for hydroxylation is 1. The zero-order valence-electron chi connectivity index (χ0n) is 15.8. The van der Waals surface area contributed by atoms with Gasteiger partial charge in [-0.05, 0) is 35.7 Å². The van der Waals surface area contributed by atoms with Crippen molar-refractivity contribution < 1.29 is 13.9 Å². The number of furan rings is 1. The molecular formula is C24H21NO3. The van der Waals surface area contributed by atoms with Crippen molar-refractivity contribution in [2.75, 3.05) is 7.11 Å². The van der Waals surface area contributed by atoms with Crippen molar-refractivity contribution >= 4 is 16.9 Å². The fraction of sp³-hybridized carbons (Fsp3) is 0.125. The number of fused-ring (bicyclic) bond motifs is 1. The summed E-state index contributed by atoms with van der Waals surface area (Å²) in [6.45, 7) is 2.05. The fourth-order valence-electron chi connectivity index (χ4n) is 3.41. The third-order valence-electron chi connectivity index (χ3n) is 4.86. The van der Waals surface area contributed by atoms with Crippen LogP contribution in [-0.2, 0) is 0 Å². The molecule has 0 radical (unpaired) electrons. The van der Waals surface area contributed by atoms with Crippen LogP contribution < -0.4 is 10.1 Å². The minimum absolute atomic E-state index is 0.258. The molecule has 0 aliphatic carbocycles. The topological polar surface area (TPSA) is 51.5 Å². The SMILES string of the molecule is COc1cccc2cc(C(=O)N[C@@H](c3ccccc3)c3ccccc3C)oc12. The Morgan fingerprint density at radius 1 is 0.964 bits per heavy atom. The highest BCUT2D eigenvalue weighted by molar-refractivity contribution is 5.97. The van der Waals surface area contributed by atoms with E-state index in [9.17, 15) is 4.79 Å². The molecule has 4 rings (SSSR count). The molecule has 1 amide bonds. The molecule has 3 aromatic carbocycles. The molecule has 0 saturated heterocycles. The first-order valence-corrected chi connectivity index (χ1v) is 9.15. The molecule has 140 valence electrons. The van der Waals surface area contributed by atoms with E-state index in [4.69, 9.17) is 9.15 Å². The number of carbonyl (C=O) groups excluding carboxylic acids is 1. The highest BCUT2D eigenvalue weighted by atomic mass is 16.5. The Kier molecular flexibility index (Phi) is 4.85. The number of rotatable bonds is 5. The van der Waals surface area contributed by atoms with Gasteiger partial charge in [0.05, 0.1) is 13.2 Å². The van der Waals surface area contributed by atoms with Crippen LogP contribution in [0, 0.1) is 6.92 Å². The van der Waals surface area contributed by atoms with Gasteiger partial charge in [-0.1, -0.05) is 66.7 Å². The van der Waals surface area contributed by atoms with Crippen LogP contribution >= 0.6 is 0 Å². The standard InChI is InChI=1S/C24H21NO3/c1-16-9-6-7-13-19(16)22(17-10-4-3-5-11-17)25-24(26)21-15-18-12-8-14-20(27-2)23(18)28-21/h3-15,22H,1-2H3,(H,25,26)/t22-/m0/s1. The Labute approximate surface area is 163 Å². The second-order valence-corrected chi connectivity index (χ2v) is 6.66. The van der Waals surface area contributed by atoms with Crippen molar-refractivity contribution in [3.8, 4) is 5.75 Å². The Hall–Kier alpha value is -3.53. The number of amides is 1. The molecule has 0 bridgehead atoms. The molecule has 4 nitrogen and oxygen atoms in total. The summed E-state index contributed by atoms with van der Waals surface area (Å²) < 4.78 is 11.1. The van der Waals surface area contributed by atoms with Crippen LogP contribution in [0.25, 0.3) is 11.0 Å². The molecule has 1 N–H and O–H groups in total. The van der Waals surface area contributed by atoms with Crippen molar-refractivity contribution in [2.45, 2.75) is 13.0 Å². The van der Waals surface area contributed by atoms with Crippen molar-refractivity contribution in [3.05, 3.63) is 101 Å². The van der Waals surface area contributed by atoms with E-state index in [0.717, 1.165) is 22.1 Å². The first-order valence-electron chi connectivity index (χ1n) is 9.15. The summed E-state index contributed by atoms with van der Waals surface area (Å²) in [5.74, 6) is 0.597. The molecule has 0 saturated carbocycles. The van der Waals surface area contributed by atoms with E-state index < -0.39 is 0 Å². The maximum absolute atomic E-state index is 13.0. The first-order chi connectivity index (χ1) is 13.7. The van der Waals surface area contributed by atoms with Gasteiger partial charge >= 0.3 is 0 Å². The first kappa shape index (κ1) is 17.9. The maximum atomic E-state index is 13.0. The average Bonchev–Trinajstić information content (AvgIpc) is 3.18. The summed E-state index contributed by atoms with van der Waals surface area (Å²) in [7, 11) is 1.58. The molecule has 1 atom stereocenters. The minimum Gasteiger partial charge on any atom is -0.493 e. The number of nitrogens with one attached hydrogen (secondary N) is 1. The molecule has 0 aliphatic heterocycles. The summed E-state index contributed by atoms with van der Waals surface area (Å²) in [5.41, 5.74) is 3.75. The molecule has 1 heterocycles. The van der Waals surface area contributed by atoms with Crippen LogP contribution in [0.15, 0.2) is 83.3 Å². The van der Waals surface area contributed by atoms with Crippen LogP contribution in [0.5, 0.6) is 5.75 Å².